The number of ether oxygens (including phenoxy) is 1. The van der Waals surface area contributed by atoms with Crippen molar-refractivity contribution in [1.82, 2.24) is 10.6 Å². The maximum atomic E-state index is 11.8. The summed E-state index contributed by atoms with van der Waals surface area (Å²) in [6, 6.07) is 3.34. The van der Waals surface area contributed by atoms with Gasteiger partial charge in [0.15, 0.2) is 0 Å². The summed E-state index contributed by atoms with van der Waals surface area (Å²) in [4.78, 5) is 22.9. The van der Waals surface area contributed by atoms with Crippen LogP contribution in [0.4, 0.5) is 16.2 Å². The zero-order valence-electron chi connectivity index (χ0n) is 13.3. The minimum Gasteiger partial charge on any atom is -0.495 e. The van der Waals surface area contributed by atoms with Crippen molar-refractivity contribution in [2.75, 3.05) is 30.5 Å². The molecule has 0 radical (unpaired) electrons. The number of carbonyl (C=O) groups excluding carboxylic acids is 2. The molecule has 4 N–H and O–H groups in total. The zero-order valence-corrected chi connectivity index (χ0v) is 14.1. The number of rotatable bonds is 6. The van der Waals surface area contributed by atoms with Crippen molar-refractivity contribution in [2.45, 2.75) is 13.0 Å². The number of carbonyl (C=O) groups is 2. The highest BCUT2D eigenvalue weighted by Crippen LogP contribution is 2.28. The summed E-state index contributed by atoms with van der Waals surface area (Å²) in [6.07, 6.45) is 1.02. The Morgan fingerprint density at radius 2 is 1.91 bits per heavy atom. The Morgan fingerprint density at radius 3 is 2.43 bits per heavy atom. The van der Waals surface area contributed by atoms with Crippen LogP contribution in [0.15, 0.2) is 18.2 Å². The Morgan fingerprint density at radius 1 is 1.26 bits per heavy atom. The summed E-state index contributed by atoms with van der Waals surface area (Å²) >= 11 is 0. The number of hydrogen-bond donors (Lipinski definition) is 4. The molecule has 3 amide bonds. The van der Waals surface area contributed by atoms with E-state index < -0.39 is 28.0 Å². The van der Waals surface area contributed by atoms with Crippen molar-refractivity contribution in [2.24, 2.45) is 0 Å². The number of methoxy groups -OCH3 is 1. The highest BCUT2D eigenvalue weighted by Gasteiger charge is 2.16. The lowest BCUT2D eigenvalue weighted by atomic mass is 10.2. The number of benzene rings is 1. The van der Waals surface area contributed by atoms with E-state index in [2.05, 4.69) is 20.7 Å². The summed E-state index contributed by atoms with van der Waals surface area (Å²) in [7, 11) is -0.672. The van der Waals surface area contributed by atoms with Crippen LogP contribution >= 0.6 is 0 Å². The third-order valence-corrected chi connectivity index (χ3v) is 3.33. The summed E-state index contributed by atoms with van der Waals surface area (Å²) in [6.45, 7) is 1.56. The molecule has 1 atom stereocenters. The molecular formula is C13H20N4O5S. The van der Waals surface area contributed by atoms with Crippen LogP contribution in [0.25, 0.3) is 0 Å². The van der Waals surface area contributed by atoms with E-state index in [0.29, 0.717) is 11.4 Å². The highest BCUT2D eigenvalue weighted by atomic mass is 32.2. The SMILES string of the molecule is CNC(=O)NC(=O)[C@@H](C)Nc1ccc(OC)c(NS(C)(=O)=O)c1. The van der Waals surface area contributed by atoms with Crippen LogP contribution in [-0.4, -0.2) is 46.8 Å². The molecule has 0 fully saturated rings. The predicted octanol–water partition coefficient (Wildman–Crippen LogP) is 0.323. The molecule has 1 aromatic rings. The van der Waals surface area contributed by atoms with Crippen LogP contribution in [-0.2, 0) is 14.8 Å². The van der Waals surface area contributed by atoms with Crippen molar-refractivity contribution in [3.05, 3.63) is 18.2 Å². The van der Waals surface area contributed by atoms with E-state index in [9.17, 15) is 18.0 Å². The number of hydrogen-bond acceptors (Lipinski definition) is 6. The molecular weight excluding hydrogens is 324 g/mol. The number of nitrogens with one attached hydrogen (secondary N) is 4. The van der Waals surface area contributed by atoms with E-state index in [-0.39, 0.29) is 5.69 Å². The standard InChI is InChI=1S/C13H20N4O5S/c1-8(12(18)16-13(19)14-2)15-9-5-6-11(22-3)10(7-9)17-23(4,20)21/h5-8,15,17H,1-4H3,(H2,14,16,18,19)/t8-/m1/s1. The van der Waals surface area contributed by atoms with E-state index in [1.165, 1.54) is 20.2 Å². The van der Waals surface area contributed by atoms with Gasteiger partial charge in [-0.15, -0.1) is 0 Å². The molecule has 0 aliphatic rings. The molecule has 128 valence electrons. The Labute approximate surface area is 134 Å². The van der Waals surface area contributed by atoms with Gasteiger partial charge in [-0.05, 0) is 25.1 Å². The zero-order chi connectivity index (χ0) is 17.6. The van der Waals surface area contributed by atoms with Crippen molar-refractivity contribution in [1.29, 1.82) is 0 Å². The fourth-order valence-electron chi connectivity index (χ4n) is 1.68. The third kappa shape index (κ3) is 6.02. The van der Waals surface area contributed by atoms with Gasteiger partial charge >= 0.3 is 6.03 Å². The number of amides is 3. The lowest BCUT2D eigenvalue weighted by Crippen LogP contribution is -2.44. The molecule has 0 heterocycles. The van der Waals surface area contributed by atoms with Crippen LogP contribution in [0, 0.1) is 0 Å². The van der Waals surface area contributed by atoms with Gasteiger partial charge in [0.25, 0.3) is 0 Å². The Hall–Kier alpha value is -2.49. The molecule has 0 bridgehead atoms. The summed E-state index contributed by atoms with van der Waals surface area (Å²) in [5.41, 5.74) is 0.718. The molecule has 10 heteroatoms. The quantitative estimate of drug-likeness (QED) is 0.589. The second-order valence-electron chi connectivity index (χ2n) is 4.72. The van der Waals surface area contributed by atoms with Gasteiger partial charge in [-0.2, -0.15) is 0 Å². The Kier molecular flexibility index (Phi) is 6.19. The lowest BCUT2D eigenvalue weighted by Gasteiger charge is -2.17. The van der Waals surface area contributed by atoms with Gasteiger partial charge in [-0.3, -0.25) is 14.8 Å². The minimum absolute atomic E-state index is 0.235. The molecule has 1 rings (SSSR count). The number of anilines is 2. The lowest BCUT2D eigenvalue weighted by molar-refractivity contribution is -0.120. The summed E-state index contributed by atoms with van der Waals surface area (Å²) in [5.74, 6) is -0.193. The molecule has 0 aliphatic carbocycles. The van der Waals surface area contributed by atoms with E-state index in [4.69, 9.17) is 4.74 Å². The average Bonchev–Trinajstić information content (AvgIpc) is 2.45. The monoisotopic (exact) mass is 344 g/mol. The van der Waals surface area contributed by atoms with Gasteiger partial charge in [0.1, 0.15) is 11.8 Å². The molecule has 1 aromatic carbocycles. The van der Waals surface area contributed by atoms with Gasteiger partial charge in [-0.1, -0.05) is 0 Å². The molecule has 0 spiro atoms. The fourth-order valence-corrected chi connectivity index (χ4v) is 2.23. The number of sulfonamides is 1. The van der Waals surface area contributed by atoms with Gasteiger partial charge in [-0.25, -0.2) is 13.2 Å². The molecule has 23 heavy (non-hydrogen) atoms. The van der Waals surface area contributed by atoms with Gasteiger partial charge in [0.05, 0.1) is 19.1 Å². The van der Waals surface area contributed by atoms with Crippen molar-refractivity contribution < 1.29 is 22.7 Å². The number of urea groups is 1. The first-order chi connectivity index (χ1) is 10.7. The molecule has 0 saturated heterocycles. The number of imide groups is 1. The van der Waals surface area contributed by atoms with Crippen LogP contribution in [0.1, 0.15) is 6.92 Å². The third-order valence-electron chi connectivity index (χ3n) is 2.74. The van der Waals surface area contributed by atoms with E-state index in [1.54, 1.807) is 19.1 Å². The van der Waals surface area contributed by atoms with Crippen molar-refractivity contribution >= 4 is 33.3 Å². The van der Waals surface area contributed by atoms with Crippen LogP contribution in [0.3, 0.4) is 0 Å². The van der Waals surface area contributed by atoms with Gasteiger partial charge in [0.2, 0.25) is 15.9 Å². The first kappa shape index (κ1) is 18.6. The van der Waals surface area contributed by atoms with Crippen LogP contribution in [0.5, 0.6) is 5.75 Å². The molecule has 0 unspecified atom stereocenters. The van der Waals surface area contributed by atoms with Crippen LogP contribution < -0.4 is 25.4 Å². The van der Waals surface area contributed by atoms with E-state index in [1.807, 2.05) is 0 Å². The first-order valence-electron chi connectivity index (χ1n) is 6.61. The fraction of sp³-hybridized carbons (Fsp3) is 0.385. The highest BCUT2D eigenvalue weighted by molar-refractivity contribution is 7.92. The summed E-state index contributed by atoms with van der Waals surface area (Å²) in [5, 5.41) is 7.28. The largest absolute Gasteiger partial charge is 0.495 e. The molecule has 0 aromatic heterocycles. The maximum Gasteiger partial charge on any atom is 0.321 e. The second-order valence-corrected chi connectivity index (χ2v) is 6.47. The second kappa shape index (κ2) is 7.68. The summed E-state index contributed by atoms with van der Waals surface area (Å²) < 4.78 is 30.1. The Balaban J connectivity index is 2.90. The smallest absolute Gasteiger partial charge is 0.321 e. The Bertz CT molecular complexity index is 690. The van der Waals surface area contributed by atoms with Crippen molar-refractivity contribution in [3.63, 3.8) is 0 Å². The van der Waals surface area contributed by atoms with E-state index >= 15 is 0 Å². The normalized spacial score (nSPS) is 12.0. The van der Waals surface area contributed by atoms with Crippen LogP contribution in [0.2, 0.25) is 0 Å². The molecule has 9 nitrogen and oxygen atoms in total. The average molecular weight is 344 g/mol. The molecule has 0 saturated carbocycles. The van der Waals surface area contributed by atoms with Gasteiger partial charge < -0.3 is 15.4 Å². The predicted molar refractivity (Wildman–Crippen MR) is 87.1 cm³/mol. The van der Waals surface area contributed by atoms with Crippen molar-refractivity contribution in [3.8, 4) is 5.75 Å². The maximum absolute atomic E-state index is 11.8. The minimum atomic E-state index is -3.48. The first-order valence-corrected chi connectivity index (χ1v) is 8.50. The van der Waals surface area contributed by atoms with Gasteiger partial charge in [0, 0.05) is 12.7 Å². The van der Waals surface area contributed by atoms with E-state index in [0.717, 1.165) is 6.26 Å². The topological polar surface area (TPSA) is 126 Å². The molecule has 0 aliphatic heterocycles.